The Morgan fingerprint density at radius 2 is 2.22 bits per heavy atom. The topological polar surface area (TPSA) is 103 Å². The molecule has 1 unspecified atom stereocenters. The zero-order valence-corrected chi connectivity index (χ0v) is 17.8. The molecular weight excluding hydrogens is 439 g/mol. The van der Waals surface area contributed by atoms with E-state index in [1.165, 1.54) is 52.4 Å². The highest BCUT2D eigenvalue weighted by Crippen LogP contribution is 2.25. The fraction of sp³-hybridized carbons (Fsp3) is 0.238. The number of carbonyl (C=O) groups excluding carboxylic acids is 3. The number of thiophene rings is 1. The van der Waals surface area contributed by atoms with Crippen LogP contribution in [0.15, 0.2) is 48.2 Å². The second-order valence-electron chi connectivity index (χ2n) is 7.01. The van der Waals surface area contributed by atoms with Gasteiger partial charge >= 0.3 is 12.1 Å². The van der Waals surface area contributed by atoms with Crippen molar-refractivity contribution in [2.75, 3.05) is 18.0 Å². The molecule has 0 spiro atoms. The highest BCUT2D eigenvalue weighted by Gasteiger charge is 2.32. The third kappa shape index (κ3) is 4.78. The van der Waals surface area contributed by atoms with Crippen molar-refractivity contribution in [1.29, 1.82) is 0 Å². The van der Waals surface area contributed by atoms with Gasteiger partial charge < -0.3 is 19.4 Å². The lowest BCUT2D eigenvalue weighted by molar-refractivity contribution is -0.119. The SMILES string of the molecule is CC(=O)NCC1CN(c2ccc(-n3cnc(C(=O)OCc4cccs4)c3)c(F)c2)C(=O)O1. The Bertz CT molecular complexity index is 1150. The van der Waals surface area contributed by atoms with E-state index in [0.717, 1.165) is 4.88 Å². The molecule has 11 heteroatoms. The molecule has 0 bridgehead atoms. The van der Waals surface area contributed by atoms with Gasteiger partial charge in [-0.3, -0.25) is 9.69 Å². The molecule has 0 saturated carbocycles. The van der Waals surface area contributed by atoms with Crippen LogP contribution in [-0.2, 0) is 20.9 Å². The van der Waals surface area contributed by atoms with Crippen molar-refractivity contribution in [1.82, 2.24) is 14.9 Å². The van der Waals surface area contributed by atoms with Crippen LogP contribution in [0.5, 0.6) is 0 Å². The molecule has 1 aromatic carbocycles. The second kappa shape index (κ2) is 9.18. The van der Waals surface area contributed by atoms with Crippen LogP contribution >= 0.6 is 11.3 Å². The minimum Gasteiger partial charge on any atom is -0.455 e. The summed E-state index contributed by atoms with van der Waals surface area (Å²) in [4.78, 5) is 41.5. The number of aromatic nitrogens is 2. The van der Waals surface area contributed by atoms with Crippen molar-refractivity contribution in [3.63, 3.8) is 0 Å². The number of nitrogens with zero attached hydrogens (tertiary/aromatic N) is 3. The smallest absolute Gasteiger partial charge is 0.414 e. The summed E-state index contributed by atoms with van der Waals surface area (Å²) < 4.78 is 26.6. The molecule has 1 aliphatic heterocycles. The van der Waals surface area contributed by atoms with Gasteiger partial charge in [-0.1, -0.05) is 6.07 Å². The van der Waals surface area contributed by atoms with Gasteiger partial charge in [0, 0.05) is 18.0 Å². The molecule has 3 aromatic rings. The zero-order valence-electron chi connectivity index (χ0n) is 17.0. The summed E-state index contributed by atoms with van der Waals surface area (Å²) in [6, 6.07) is 7.95. The second-order valence-corrected chi connectivity index (χ2v) is 8.04. The van der Waals surface area contributed by atoms with Gasteiger partial charge in [-0.2, -0.15) is 0 Å². The molecule has 2 aromatic heterocycles. The molecule has 1 aliphatic rings. The van der Waals surface area contributed by atoms with Gasteiger partial charge in [0.25, 0.3) is 0 Å². The number of hydrogen-bond donors (Lipinski definition) is 1. The lowest BCUT2D eigenvalue weighted by Crippen LogP contribution is -2.33. The molecule has 1 fully saturated rings. The molecule has 4 rings (SSSR count). The minimum absolute atomic E-state index is 0.0500. The van der Waals surface area contributed by atoms with Gasteiger partial charge in [0.15, 0.2) is 5.69 Å². The van der Waals surface area contributed by atoms with E-state index in [-0.39, 0.29) is 37.0 Å². The summed E-state index contributed by atoms with van der Waals surface area (Å²) >= 11 is 1.47. The summed E-state index contributed by atoms with van der Waals surface area (Å²) in [7, 11) is 0. The third-order valence-corrected chi connectivity index (χ3v) is 5.54. The van der Waals surface area contributed by atoms with Crippen LogP contribution in [0.3, 0.4) is 0 Å². The number of ether oxygens (including phenoxy) is 2. The van der Waals surface area contributed by atoms with Crippen molar-refractivity contribution in [3.8, 4) is 5.69 Å². The number of carbonyl (C=O) groups is 3. The fourth-order valence-corrected chi connectivity index (χ4v) is 3.75. The maximum Gasteiger partial charge on any atom is 0.414 e. The molecule has 1 atom stereocenters. The standard InChI is InChI=1S/C21H19FN4O5S/c1-13(27)23-8-15-9-26(21(29)31-15)14-4-5-19(17(22)7-14)25-10-18(24-12-25)20(28)30-11-16-3-2-6-32-16/h2-7,10,12,15H,8-9,11H2,1H3,(H,23,27). The van der Waals surface area contributed by atoms with Crippen molar-refractivity contribution < 1.29 is 28.2 Å². The monoisotopic (exact) mass is 458 g/mol. The van der Waals surface area contributed by atoms with E-state index in [1.54, 1.807) is 6.07 Å². The Hall–Kier alpha value is -3.73. The number of hydrogen-bond acceptors (Lipinski definition) is 7. The average molecular weight is 458 g/mol. The minimum atomic E-state index is -0.620. The van der Waals surface area contributed by atoms with Crippen molar-refractivity contribution >= 4 is 35.0 Å². The maximum absolute atomic E-state index is 14.8. The summed E-state index contributed by atoms with van der Waals surface area (Å²) in [5.41, 5.74) is 0.521. The van der Waals surface area contributed by atoms with Gasteiger partial charge in [-0.15, -0.1) is 11.3 Å². The Kier molecular flexibility index (Phi) is 6.17. The van der Waals surface area contributed by atoms with Crippen molar-refractivity contribution in [2.45, 2.75) is 19.6 Å². The molecule has 32 heavy (non-hydrogen) atoms. The molecule has 1 saturated heterocycles. The first-order valence-electron chi connectivity index (χ1n) is 9.66. The fourth-order valence-electron chi connectivity index (χ4n) is 3.13. The van der Waals surface area contributed by atoms with Gasteiger partial charge in [-0.05, 0) is 29.6 Å². The first kappa shape index (κ1) is 21.5. The quantitative estimate of drug-likeness (QED) is 0.546. The maximum atomic E-state index is 14.8. The molecule has 3 heterocycles. The molecule has 2 amide bonds. The molecule has 1 N–H and O–H groups in total. The van der Waals surface area contributed by atoms with Crippen LogP contribution in [0.25, 0.3) is 5.69 Å². The molecule has 166 valence electrons. The van der Waals surface area contributed by atoms with Crippen LogP contribution in [0.2, 0.25) is 0 Å². The van der Waals surface area contributed by atoms with E-state index in [0.29, 0.717) is 5.69 Å². The normalized spacial score (nSPS) is 15.5. The number of imidazole rings is 1. The number of rotatable bonds is 7. The van der Waals surface area contributed by atoms with Crippen LogP contribution in [-0.4, -0.2) is 46.7 Å². The lowest BCUT2D eigenvalue weighted by atomic mass is 10.2. The number of halogens is 1. The van der Waals surface area contributed by atoms with Crippen LogP contribution in [0.1, 0.15) is 22.3 Å². The number of cyclic esters (lactones) is 1. The van der Waals surface area contributed by atoms with E-state index in [1.807, 2.05) is 17.5 Å². The Morgan fingerprint density at radius 1 is 1.38 bits per heavy atom. The number of amides is 2. The number of nitrogens with one attached hydrogen (secondary N) is 1. The van der Waals surface area contributed by atoms with Gasteiger partial charge in [0.05, 0.1) is 24.5 Å². The van der Waals surface area contributed by atoms with Gasteiger partial charge in [0.2, 0.25) is 5.91 Å². The van der Waals surface area contributed by atoms with Crippen LogP contribution < -0.4 is 10.2 Å². The van der Waals surface area contributed by atoms with Crippen molar-refractivity contribution in [3.05, 3.63) is 64.6 Å². The number of esters is 1. The number of anilines is 1. The van der Waals surface area contributed by atoms with Gasteiger partial charge in [0.1, 0.15) is 24.9 Å². The Balaban J connectivity index is 1.43. The number of benzene rings is 1. The predicted octanol–water partition coefficient (Wildman–Crippen LogP) is 2.89. The van der Waals surface area contributed by atoms with E-state index >= 15 is 0 Å². The van der Waals surface area contributed by atoms with E-state index in [9.17, 15) is 18.8 Å². The summed E-state index contributed by atoms with van der Waals surface area (Å²) in [5, 5.41) is 4.47. The molecular formula is C21H19FN4O5S. The molecule has 9 nitrogen and oxygen atoms in total. The largest absolute Gasteiger partial charge is 0.455 e. The van der Waals surface area contributed by atoms with E-state index < -0.39 is 24.0 Å². The lowest BCUT2D eigenvalue weighted by Gasteiger charge is -2.14. The van der Waals surface area contributed by atoms with Gasteiger partial charge in [-0.25, -0.2) is 19.0 Å². The zero-order chi connectivity index (χ0) is 22.7. The van der Waals surface area contributed by atoms with Crippen LogP contribution in [0, 0.1) is 5.82 Å². The molecule has 0 aliphatic carbocycles. The Morgan fingerprint density at radius 3 is 2.94 bits per heavy atom. The third-order valence-electron chi connectivity index (χ3n) is 4.69. The average Bonchev–Trinajstić information content (AvgIpc) is 3.51. The predicted molar refractivity (Wildman–Crippen MR) is 113 cm³/mol. The van der Waals surface area contributed by atoms with E-state index in [4.69, 9.17) is 9.47 Å². The summed E-state index contributed by atoms with van der Waals surface area (Å²) in [5.74, 6) is -1.46. The van der Waals surface area contributed by atoms with Crippen LogP contribution in [0.4, 0.5) is 14.9 Å². The summed E-state index contributed by atoms with van der Waals surface area (Å²) in [6.07, 6.45) is 1.55. The Labute approximate surface area is 186 Å². The summed E-state index contributed by atoms with van der Waals surface area (Å²) in [6.45, 7) is 1.87. The highest BCUT2D eigenvalue weighted by atomic mass is 32.1. The molecule has 0 radical (unpaired) electrons. The highest BCUT2D eigenvalue weighted by molar-refractivity contribution is 7.09. The van der Waals surface area contributed by atoms with E-state index in [2.05, 4.69) is 10.3 Å². The van der Waals surface area contributed by atoms with Crippen molar-refractivity contribution in [2.24, 2.45) is 0 Å². The first-order valence-corrected chi connectivity index (χ1v) is 10.5. The first-order chi connectivity index (χ1) is 15.4.